The summed E-state index contributed by atoms with van der Waals surface area (Å²) in [7, 11) is 0. The van der Waals surface area contributed by atoms with E-state index >= 15 is 0 Å². The number of hydrogen-bond acceptors (Lipinski definition) is 5. The van der Waals surface area contributed by atoms with Crippen molar-refractivity contribution in [3.05, 3.63) is 35.2 Å². The molecular formula is C17H25N5OS. The van der Waals surface area contributed by atoms with Crippen molar-refractivity contribution in [2.45, 2.75) is 57.4 Å². The van der Waals surface area contributed by atoms with Crippen LogP contribution in [0.3, 0.4) is 0 Å². The molecule has 1 aromatic heterocycles. The summed E-state index contributed by atoms with van der Waals surface area (Å²) in [6, 6.07) is 6.00. The van der Waals surface area contributed by atoms with Crippen molar-refractivity contribution in [2.24, 2.45) is 0 Å². The number of thioether (sulfide) groups is 1. The van der Waals surface area contributed by atoms with Gasteiger partial charge in [-0.15, -0.1) is 10.2 Å². The number of carbonyl (C=O) groups is 1. The number of hydrogen-bond donors (Lipinski definition) is 2. The number of unbranched alkanes of at least 4 members (excludes halogenated alkanes) is 1. The maximum atomic E-state index is 12.4. The van der Waals surface area contributed by atoms with E-state index in [4.69, 9.17) is 5.84 Å². The monoisotopic (exact) mass is 347 g/mol. The number of nitrogens with one attached hydrogen (secondary N) is 1. The quantitative estimate of drug-likeness (QED) is 0.594. The van der Waals surface area contributed by atoms with E-state index in [0.29, 0.717) is 5.16 Å². The highest BCUT2D eigenvalue weighted by Gasteiger charge is 2.19. The van der Waals surface area contributed by atoms with Crippen molar-refractivity contribution in [3.63, 3.8) is 0 Å². The van der Waals surface area contributed by atoms with E-state index in [0.717, 1.165) is 41.9 Å². The zero-order chi connectivity index (χ0) is 17.7. The Balaban J connectivity index is 2.01. The molecule has 0 saturated carbocycles. The van der Waals surface area contributed by atoms with Gasteiger partial charge in [-0.2, -0.15) is 0 Å². The van der Waals surface area contributed by atoms with E-state index in [1.807, 2.05) is 39.0 Å². The zero-order valence-corrected chi connectivity index (χ0v) is 15.5. The first-order valence-electron chi connectivity index (χ1n) is 8.16. The van der Waals surface area contributed by atoms with Crippen molar-refractivity contribution in [1.29, 1.82) is 0 Å². The number of amides is 1. The molecule has 3 N–H and O–H groups in total. The first kappa shape index (κ1) is 18.3. The molecule has 0 saturated heterocycles. The highest BCUT2D eigenvalue weighted by molar-refractivity contribution is 8.00. The van der Waals surface area contributed by atoms with E-state index in [9.17, 15) is 4.79 Å². The van der Waals surface area contributed by atoms with Crippen molar-refractivity contribution in [1.82, 2.24) is 14.9 Å². The van der Waals surface area contributed by atoms with E-state index in [-0.39, 0.29) is 11.2 Å². The molecule has 0 aliphatic rings. The minimum absolute atomic E-state index is 0.0770. The number of nitrogens with two attached hydrogens (primary N) is 1. The van der Waals surface area contributed by atoms with Crippen LogP contribution in [-0.4, -0.2) is 26.0 Å². The molecule has 0 aliphatic heterocycles. The largest absolute Gasteiger partial charge is 0.336 e. The first-order chi connectivity index (χ1) is 11.4. The van der Waals surface area contributed by atoms with E-state index in [1.54, 1.807) is 0 Å². The Morgan fingerprint density at radius 1 is 1.38 bits per heavy atom. The normalized spacial score (nSPS) is 12.2. The number of benzene rings is 1. The Hall–Kier alpha value is -2.02. The summed E-state index contributed by atoms with van der Waals surface area (Å²) in [5.74, 6) is 6.70. The molecule has 0 unspecified atom stereocenters. The maximum Gasteiger partial charge on any atom is 0.237 e. The fourth-order valence-corrected chi connectivity index (χ4v) is 3.00. The van der Waals surface area contributed by atoms with Gasteiger partial charge >= 0.3 is 0 Å². The topological polar surface area (TPSA) is 85.8 Å². The van der Waals surface area contributed by atoms with Gasteiger partial charge in [0.25, 0.3) is 0 Å². The predicted molar refractivity (Wildman–Crippen MR) is 98.6 cm³/mol. The molecule has 0 radical (unpaired) electrons. The lowest BCUT2D eigenvalue weighted by molar-refractivity contribution is -0.115. The molecule has 2 aromatic rings. The van der Waals surface area contributed by atoms with Gasteiger partial charge in [0.1, 0.15) is 0 Å². The fraction of sp³-hybridized carbons (Fsp3) is 0.471. The van der Waals surface area contributed by atoms with Crippen molar-refractivity contribution < 1.29 is 4.79 Å². The molecule has 130 valence electrons. The van der Waals surface area contributed by atoms with E-state index in [1.165, 1.54) is 16.4 Å². The van der Waals surface area contributed by atoms with Gasteiger partial charge in [0.05, 0.1) is 5.25 Å². The minimum atomic E-state index is -0.324. The second-order valence-electron chi connectivity index (χ2n) is 5.94. The lowest BCUT2D eigenvalue weighted by Crippen LogP contribution is -2.24. The van der Waals surface area contributed by atoms with E-state index in [2.05, 4.69) is 22.4 Å². The standard InChI is InChI=1S/C17H25N5OS/c1-5-6-7-15-20-21-17(22(15)18)24-13(4)16(23)19-14-10-11(2)8-9-12(14)3/h8-10,13H,5-7,18H2,1-4H3,(H,19,23)/t13-/m0/s1. The molecule has 2 rings (SSSR count). The molecule has 0 fully saturated rings. The number of carbonyl (C=O) groups excluding carboxylic acids is 1. The van der Waals surface area contributed by atoms with Gasteiger partial charge in [-0.25, -0.2) is 4.68 Å². The summed E-state index contributed by atoms with van der Waals surface area (Å²) >= 11 is 1.31. The third kappa shape index (κ3) is 4.50. The molecule has 7 heteroatoms. The van der Waals surface area contributed by atoms with Crippen LogP contribution in [0.2, 0.25) is 0 Å². The lowest BCUT2D eigenvalue weighted by Gasteiger charge is -2.13. The average molecular weight is 347 g/mol. The van der Waals surface area contributed by atoms with Gasteiger partial charge in [-0.1, -0.05) is 37.2 Å². The van der Waals surface area contributed by atoms with Crippen molar-refractivity contribution in [3.8, 4) is 0 Å². The number of aryl methyl sites for hydroxylation is 3. The average Bonchev–Trinajstić information content (AvgIpc) is 2.89. The number of nitrogen functional groups attached to an aromatic ring is 1. The Morgan fingerprint density at radius 2 is 2.12 bits per heavy atom. The molecule has 0 aliphatic carbocycles. The van der Waals surface area contributed by atoms with Gasteiger partial charge in [-0.3, -0.25) is 4.79 Å². The van der Waals surface area contributed by atoms with Crippen LogP contribution in [-0.2, 0) is 11.2 Å². The number of aromatic nitrogens is 3. The molecule has 0 spiro atoms. The summed E-state index contributed by atoms with van der Waals surface area (Å²) in [4.78, 5) is 12.4. The molecule has 0 bridgehead atoms. The van der Waals surface area contributed by atoms with Crippen molar-refractivity contribution in [2.75, 3.05) is 11.2 Å². The van der Waals surface area contributed by atoms with Crippen LogP contribution >= 0.6 is 11.8 Å². The van der Waals surface area contributed by atoms with Gasteiger partial charge in [0.15, 0.2) is 5.82 Å². The van der Waals surface area contributed by atoms with Crippen LogP contribution < -0.4 is 11.2 Å². The van der Waals surface area contributed by atoms with Crippen LogP contribution in [0, 0.1) is 13.8 Å². The van der Waals surface area contributed by atoms with Crippen LogP contribution in [0.5, 0.6) is 0 Å². The molecule has 6 nitrogen and oxygen atoms in total. The highest BCUT2D eigenvalue weighted by atomic mass is 32.2. The Morgan fingerprint density at radius 3 is 2.83 bits per heavy atom. The Kier molecular flexibility index (Phi) is 6.25. The van der Waals surface area contributed by atoms with Gasteiger partial charge in [0.2, 0.25) is 11.1 Å². The summed E-state index contributed by atoms with van der Waals surface area (Å²) in [6.45, 7) is 7.93. The van der Waals surface area contributed by atoms with Crippen LogP contribution in [0.1, 0.15) is 43.6 Å². The minimum Gasteiger partial charge on any atom is -0.336 e. The predicted octanol–water partition coefficient (Wildman–Crippen LogP) is 3.07. The third-order valence-electron chi connectivity index (χ3n) is 3.79. The maximum absolute atomic E-state index is 12.4. The van der Waals surface area contributed by atoms with Crippen LogP contribution in [0.15, 0.2) is 23.4 Å². The molecule has 1 heterocycles. The lowest BCUT2D eigenvalue weighted by atomic mass is 10.1. The third-order valence-corrected chi connectivity index (χ3v) is 4.85. The number of anilines is 1. The van der Waals surface area contributed by atoms with Crippen LogP contribution in [0.25, 0.3) is 0 Å². The summed E-state index contributed by atoms with van der Waals surface area (Å²) in [6.07, 6.45) is 2.89. The first-order valence-corrected chi connectivity index (χ1v) is 9.04. The fourth-order valence-electron chi connectivity index (χ4n) is 2.21. The smallest absolute Gasteiger partial charge is 0.237 e. The molecular weight excluding hydrogens is 322 g/mol. The molecule has 1 aromatic carbocycles. The second kappa shape index (κ2) is 8.19. The molecule has 24 heavy (non-hydrogen) atoms. The Labute approximate surface area is 147 Å². The highest BCUT2D eigenvalue weighted by Crippen LogP contribution is 2.23. The molecule has 1 amide bonds. The SMILES string of the molecule is CCCCc1nnc(S[C@@H](C)C(=O)Nc2cc(C)ccc2C)n1N. The summed E-state index contributed by atoms with van der Waals surface area (Å²) in [5.41, 5.74) is 2.98. The zero-order valence-electron chi connectivity index (χ0n) is 14.7. The van der Waals surface area contributed by atoms with Crippen LogP contribution in [0.4, 0.5) is 5.69 Å². The number of rotatable bonds is 7. The van der Waals surface area contributed by atoms with E-state index < -0.39 is 0 Å². The summed E-state index contributed by atoms with van der Waals surface area (Å²) in [5, 5.41) is 11.4. The van der Waals surface area contributed by atoms with Gasteiger partial charge in [0, 0.05) is 12.1 Å². The van der Waals surface area contributed by atoms with Crippen molar-refractivity contribution >= 4 is 23.4 Å². The Bertz CT molecular complexity index is 713. The number of nitrogens with zero attached hydrogens (tertiary/aromatic N) is 3. The second-order valence-corrected chi connectivity index (χ2v) is 7.25. The van der Waals surface area contributed by atoms with Gasteiger partial charge in [-0.05, 0) is 44.4 Å². The summed E-state index contributed by atoms with van der Waals surface area (Å²) < 4.78 is 1.49. The van der Waals surface area contributed by atoms with Gasteiger partial charge < -0.3 is 11.2 Å². The molecule has 1 atom stereocenters.